The molecule has 0 unspecified atom stereocenters. The van der Waals surface area contributed by atoms with Crippen LogP contribution in [0.3, 0.4) is 0 Å². The van der Waals surface area contributed by atoms with Gasteiger partial charge in [0, 0.05) is 8.95 Å². The summed E-state index contributed by atoms with van der Waals surface area (Å²) in [5.41, 5.74) is 2.85. The Balaban J connectivity index is 2.13. The molecule has 0 radical (unpaired) electrons. The van der Waals surface area contributed by atoms with Crippen LogP contribution >= 0.6 is 31.9 Å². The molecule has 0 saturated carbocycles. The molecule has 0 spiro atoms. The zero-order valence-corrected chi connectivity index (χ0v) is 14.5. The Bertz CT molecular complexity index is 623. The molecule has 104 valence electrons. The lowest BCUT2D eigenvalue weighted by Gasteiger charge is -2.15. The van der Waals surface area contributed by atoms with Crippen LogP contribution in [0, 0.1) is 6.92 Å². The average Bonchev–Trinajstić information content (AvgIpc) is 2.39. The molecule has 0 heterocycles. The fourth-order valence-electron chi connectivity index (χ4n) is 1.91. The van der Waals surface area contributed by atoms with Gasteiger partial charge in [0.2, 0.25) is 0 Å². The van der Waals surface area contributed by atoms with Crippen molar-refractivity contribution in [3.63, 3.8) is 0 Å². The van der Waals surface area contributed by atoms with E-state index in [1.54, 1.807) is 0 Å². The number of aryl methyl sites for hydroxylation is 1. The summed E-state index contributed by atoms with van der Waals surface area (Å²) in [6.45, 7) is 3.97. The number of hydrogen-bond acceptors (Lipinski definition) is 1. The van der Waals surface area contributed by atoms with Gasteiger partial charge >= 0.3 is 0 Å². The van der Waals surface area contributed by atoms with Crippen molar-refractivity contribution in [1.82, 2.24) is 5.32 Å². The molecule has 2 aromatic rings. The lowest BCUT2D eigenvalue weighted by Crippen LogP contribution is -2.26. The number of halogens is 2. The van der Waals surface area contributed by atoms with Crippen LogP contribution in [0.15, 0.2) is 51.4 Å². The summed E-state index contributed by atoms with van der Waals surface area (Å²) in [4.78, 5) is 12.3. The number of amides is 1. The highest BCUT2D eigenvalue weighted by Crippen LogP contribution is 2.21. The van der Waals surface area contributed by atoms with Gasteiger partial charge in [-0.25, -0.2) is 0 Å². The second kappa shape index (κ2) is 6.55. The van der Waals surface area contributed by atoms with Crippen molar-refractivity contribution >= 4 is 37.8 Å². The lowest BCUT2D eigenvalue weighted by atomic mass is 10.1. The van der Waals surface area contributed by atoms with Gasteiger partial charge in [-0.1, -0.05) is 34.1 Å². The van der Waals surface area contributed by atoms with Gasteiger partial charge in [-0.15, -0.1) is 0 Å². The number of carbonyl (C=O) groups is 1. The lowest BCUT2D eigenvalue weighted by molar-refractivity contribution is 0.0939. The number of hydrogen-bond donors (Lipinski definition) is 1. The van der Waals surface area contributed by atoms with Crippen LogP contribution in [-0.2, 0) is 0 Å². The first-order valence-corrected chi connectivity index (χ1v) is 7.88. The van der Waals surface area contributed by atoms with Crippen LogP contribution in [0.1, 0.15) is 34.5 Å². The Morgan fingerprint density at radius 3 is 2.35 bits per heavy atom. The summed E-state index contributed by atoms with van der Waals surface area (Å²) in [6.07, 6.45) is 0. The normalized spacial score (nSPS) is 12.0. The Hall–Kier alpha value is -1.13. The molecule has 1 atom stereocenters. The number of benzene rings is 2. The van der Waals surface area contributed by atoms with Crippen LogP contribution in [0.4, 0.5) is 0 Å². The van der Waals surface area contributed by atoms with Crippen LogP contribution < -0.4 is 5.32 Å². The zero-order chi connectivity index (χ0) is 14.7. The predicted octanol–water partition coefficient (Wildman–Crippen LogP) is 5.01. The molecule has 2 nitrogen and oxygen atoms in total. The van der Waals surface area contributed by atoms with Gasteiger partial charge in [0.05, 0.1) is 11.6 Å². The molecule has 4 heteroatoms. The van der Waals surface area contributed by atoms with E-state index in [1.807, 2.05) is 56.3 Å². The molecule has 0 saturated heterocycles. The highest BCUT2D eigenvalue weighted by molar-refractivity contribution is 9.10. The molecule has 1 N–H and O–H groups in total. The maximum Gasteiger partial charge on any atom is 0.252 e. The molecular weight excluding hydrogens is 382 g/mol. The minimum Gasteiger partial charge on any atom is -0.345 e. The molecule has 0 aliphatic heterocycles. The quantitative estimate of drug-likeness (QED) is 0.775. The van der Waals surface area contributed by atoms with Crippen molar-refractivity contribution in [2.75, 3.05) is 0 Å². The largest absolute Gasteiger partial charge is 0.345 e. The molecule has 0 fully saturated rings. The fourth-order valence-corrected chi connectivity index (χ4v) is 2.85. The van der Waals surface area contributed by atoms with Gasteiger partial charge < -0.3 is 5.32 Å². The fraction of sp³-hybridized carbons (Fsp3) is 0.188. The first-order chi connectivity index (χ1) is 9.47. The van der Waals surface area contributed by atoms with Crippen LogP contribution in [-0.4, -0.2) is 5.91 Å². The van der Waals surface area contributed by atoms with E-state index in [4.69, 9.17) is 0 Å². The third-order valence-electron chi connectivity index (χ3n) is 3.09. The highest BCUT2D eigenvalue weighted by atomic mass is 79.9. The van der Waals surface area contributed by atoms with Crippen molar-refractivity contribution in [2.45, 2.75) is 19.9 Å². The summed E-state index contributed by atoms with van der Waals surface area (Å²) >= 11 is 6.84. The van der Waals surface area contributed by atoms with Gasteiger partial charge in [-0.2, -0.15) is 0 Å². The van der Waals surface area contributed by atoms with Crippen molar-refractivity contribution < 1.29 is 4.79 Å². The Morgan fingerprint density at radius 1 is 1.10 bits per heavy atom. The Labute approximate surface area is 135 Å². The Morgan fingerprint density at radius 2 is 1.75 bits per heavy atom. The third kappa shape index (κ3) is 3.70. The second-order valence-corrected chi connectivity index (χ2v) is 6.50. The van der Waals surface area contributed by atoms with Crippen molar-refractivity contribution in [2.24, 2.45) is 0 Å². The van der Waals surface area contributed by atoms with E-state index in [2.05, 4.69) is 37.2 Å². The molecule has 0 aromatic heterocycles. The molecular formula is C16H15Br2NO. The first kappa shape index (κ1) is 15.3. The van der Waals surface area contributed by atoms with Gasteiger partial charge in [0.15, 0.2) is 0 Å². The molecule has 0 bridgehead atoms. The average molecular weight is 397 g/mol. The summed E-state index contributed by atoms with van der Waals surface area (Å²) in [7, 11) is 0. The van der Waals surface area contributed by atoms with Crippen LogP contribution in [0.2, 0.25) is 0 Å². The molecule has 2 aromatic carbocycles. The molecule has 20 heavy (non-hydrogen) atoms. The van der Waals surface area contributed by atoms with Crippen LogP contribution in [0.5, 0.6) is 0 Å². The SMILES string of the molecule is Cc1ccc(C(=O)N[C@H](C)c2ccc(Br)cc2)c(Br)c1. The van der Waals surface area contributed by atoms with Crippen molar-refractivity contribution in [3.8, 4) is 0 Å². The summed E-state index contributed by atoms with van der Waals surface area (Å²) in [5.74, 6) is -0.0766. The molecule has 0 aliphatic rings. The van der Waals surface area contributed by atoms with E-state index in [0.29, 0.717) is 5.56 Å². The standard InChI is InChI=1S/C16H15Br2NO/c1-10-3-8-14(15(18)9-10)16(20)19-11(2)12-4-6-13(17)7-5-12/h3-9,11H,1-2H3,(H,19,20)/t11-/m1/s1. The van der Waals surface area contributed by atoms with E-state index in [9.17, 15) is 4.79 Å². The minimum atomic E-state index is -0.0766. The van der Waals surface area contributed by atoms with Gasteiger partial charge in [0.25, 0.3) is 5.91 Å². The number of rotatable bonds is 3. The van der Waals surface area contributed by atoms with E-state index >= 15 is 0 Å². The van der Waals surface area contributed by atoms with E-state index in [1.165, 1.54) is 0 Å². The smallest absolute Gasteiger partial charge is 0.252 e. The maximum absolute atomic E-state index is 12.3. The van der Waals surface area contributed by atoms with Crippen molar-refractivity contribution in [1.29, 1.82) is 0 Å². The molecule has 1 amide bonds. The number of carbonyl (C=O) groups excluding carboxylic acids is 1. The molecule has 0 aliphatic carbocycles. The number of nitrogens with one attached hydrogen (secondary N) is 1. The van der Waals surface area contributed by atoms with E-state index < -0.39 is 0 Å². The minimum absolute atomic E-state index is 0.0381. The Kier molecular flexibility index (Phi) is 5.00. The monoisotopic (exact) mass is 395 g/mol. The highest BCUT2D eigenvalue weighted by Gasteiger charge is 2.13. The third-order valence-corrected chi connectivity index (χ3v) is 4.27. The van der Waals surface area contributed by atoms with E-state index in [-0.39, 0.29) is 11.9 Å². The molecule has 2 rings (SSSR count). The topological polar surface area (TPSA) is 29.1 Å². The summed E-state index contributed by atoms with van der Waals surface area (Å²) < 4.78 is 1.85. The maximum atomic E-state index is 12.3. The van der Waals surface area contributed by atoms with Gasteiger partial charge in [-0.3, -0.25) is 4.79 Å². The van der Waals surface area contributed by atoms with Gasteiger partial charge in [-0.05, 0) is 65.2 Å². The summed E-state index contributed by atoms with van der Waals surface area (Å²) in [5, 5.41) is 3.01. The van der Waals surface area contributed by atoms with Crippen LogP contribution in [0.25, 0.3) is 0 Å². The van der Waals surface area contributed by atoms with E-state index in [0.717, 1.165) is 20.1 Å². The summed E-state index contributed by atoms with van der Waals surface area (Å²) in [6, 6.07) is 13.6. The second-order valence-electron chi connectivity index (χ2n) is 4.73. The van der Waals surface area contributed by atoms with Crippen molar-refractivity contribution in [3.05, 3.63) is 68.1 Å². The first-order valence-electron chi connectivity index (χ1n) is 6.30. The van der Waals surface area contributed by atoms with Gasteiger partial charge in [0.1, 0.15) is 0 Å². The zero-order valence-electron chi connectivity index (χ0n) is 11.3. The predicted molar refractivity (Wildman–Crippen MR) is 88.9 cm³/mol.